The molecule has 4 heteroatoms. The molecular formula is C10H21N3O. The summed E-state index contributed by atoms with van der Waals surface area (Å²) in [7, 11) is 0. The average Bonchev–Trinajstić information content (AvgIpc) is 2.20. The first-order valence-electron chi connectivity index (χ1n) is 5.34. The van der Waals surface area contributed by atoms with Gasteiger partial charge in [-0.25, -0.2) is 5.84 Å². The van der Waals surface area contributed by atoms with Gasteiger partial charge in [-0.15, -0.1) is 0 Å². The molecule has 1 rings (SSSR count). The molecule has 0 saturated carbocycles. The number of nitrogens with zero attached hydrogens (tertiary/aromatic N) is 1. The minimum atomic E-state index is -0.113. The monoisotopic (exact) mass is 199 g/mol. The molecule has 0 aromatic carbocycles. The fourth-order valence-corrected chi connectivity index (χ4v) is 2.19. The van der Waals surface area contributed by atoms with E-state index >= 15 is 0 Å². The largest absolute Gasteiger partial charge is 0.293 e. The number of piperidine rings is 1. The summed E-state index contributed by atoms with van der Waals surface area (Å²) in [5.41, 5.74) is 2.22. The summed E-state index contributed by atoms with van der Waals surface area (Å²) >= 11 is 0. The van der Waals surface area contributed by atoms with E-state index in [9.17, 15) is 4.79 Å². The quantitative estimate of drug-likeness (QED) is 0.386. The molecule has 0 spiro atoms. The molecule has 1 saturated heterocycles. The Morgan fingerprint density at radius 1 is 1.57 bits per heavy atom. The van der Waals surface area contributed by atoms with Gasteiger partial charge in [-0.1, -0.05) is 6.92 Å². The van der Waals surface area contributed by atoms with Crippen LogP contribution in [0.5, 0.6) is 0 Å². The predicted molar refractivity (Wildman–Crippen MR) is 56.4 cm³/mol. The van der Waals surface area contributed by atoms with Gasteiger partial charge in [-0.3, -0.25) is 15.1 Å². The van der Waals surface area contributed by atoms with E-state index in [0.717, 1.165) is 6.54 Å². The Bertz CT molecular complexity index is 208. The molecule has 3 N–H and O–H groups in total. The van der Waals surface area contributed by atoms with Crippen molar-refractivity contribution in [2.75, 3.05) is 6.54 Å². The van der Waals surface area contributed by atoms with Crippen molar-refractivity contribution >= 4 is 5.91 Å². The third kappa shape index (κ3) is 2.25. The van der Waals surface area contributed by atoms with Crippen LogP contribution in [0.2, 0.25) is 0 Å². The number of rotatable bonds is 2. The second-order valence-corrected chi connectivity index (χ2v) is 4.28. The van der Waals surface area contributed by atoms with Crippen molar-refractivity contribution in [3.05, 3.63) is 0 Å². The molecule has 4 nitrogen and oxygen atoms in total. The molecule has 1 fully saturated rings. The van der Waals surface area contributed by atoms with Crippen LogP contribution in [0, 0.1) is 5.92 Å². The van der Waals surface area contributed by atoms with E-state index in [4.69, 9.17) is 5.84 Å². The lowest BCUT2D eigenvalue weighted by atomic mass is 9.91. The second kappa shape index (κ2) is 4.75. The van der Waals surface area contributed by atoms with E-state index in [1.807, 2.05) is 6.92 Å². The maximum absolute atomic E-state index is 11.4. The zero-order valence-electron chi connectivity index (χ0n) is 9.29. The summed E-state index contributed by atoms with van der Waals surface area (Å²) in [5, 5.41) is 0. The van der Waals surface area contributed by atoms with Crippen molar-refractivity contribution in [2.24, 2.45) is 11.8 Å². The van der Waals surface area contributed by atoms with Crippen molar-refractivity contribution in [3.8, 4) is 0 Å². The highest BCUT2D eigenvalue weighted by atomic mass is 16.2. The third-order valence-electron chi connectivity index (χ3n) is 3.44. The lowest BCUT2D eigenvalue weighted by molar-refractivity contribution is -0.127. The van der Waals surface area contributed by atoms with Gasteiger partial charge in [0.15, 0.2) is 0 Å². The molecule has 1 aliphatic heterocycles. The number of likely N-dealkylation sites (tertiary alicyclic amines) is 1. The highest BCUT2D eigenvalue weighted by molar-refractivity contribution is 5.80. The van der Waals surface area contributed by atoms with Crippen LogP contribution in [0.25, 0.3) is 0 Å². The van der Waals surface area contributed by atoms with Gasteiger partial charge in [-0.2, -0.15) is 0 Å². The van der Waals surface area contributed by atoms with Gasteiger partial charge in [0.25, 0.3) is 5.91 Å². The Morgan fingerprint density at radius 2 is 2.21 bits per heavy atom. The zero-order chi connectivity index (χ0) is 10.7. The molecule has 82 valence electrons. The maximum atomic E-state index is 11.4. The first kappa shape index (κ1) is 11.5. The molecule has 1 aliphatic rings. The summed E-state index contributed by atoms with van der Waals surface area (Å²) in [4.78, 5) is 13.6. The van der Waals surface area contributed by atoms with Crippen molar-refractivity contribution in [3.63, 3.8) is 0 Å². The van der Waals surface area contributed by atoms with E-state index in [0.29, 0.717) is 12.0 Å². The van der Waals surface area contributed by atoms with Gasteiger partial charge >= 0.3 is 0 Å². The van der Waals surface area contributed by atoms with Gasteiger partial charge in [-0.05, 0) is 39.2 Å². The van der Waals surface area contributed by atoms with Crippen molar-refractivity contribution in [2.45, 2.75) is 45.7 Å². The molecule has 0 aromatic rings. The van der Waals surface area contributed by atoms with Gasteiger partial charge in [0.2, 0.25) is 0 Å². The summed E-state index contributed by atoms with van der Waals surface area (Å²) in [5.74, 6) is 5.71. The predicted octanol–water partition coefficient (Wildman–Crippen LogP) is 0.485. The van der Waals surface area contributed by atoms with Crippen molar-refractivity contribution in [1.82, 2.24) is 10.3 Å². The molecule has 0 bridgehead atoms. The van der Waals surface area contributed by atoms with Crippen LogP contribution in [0.4, 0.5) is 0 Å². The maximum Gasteiger partial charge on any atom is 0.250 e. The molecular weight excluding hydrogens is 178 g/mol. The molecule has 1 heterocycles. The van der Waals surface area contributed by atoms with E-state index < -0.39 is 0 Å². The number of amides is 1. The van der Waals surface area contributed by atoms with Crippen LogP contribution < -0.4 is 11.3 Å². The van der Waals surface area contributed by atoms with Crippen molar-refractivity contribution in [1.29, 1.82) is 0 Å². The summed E-state index contributed by atoms with van der Waals surface area (Å²) in [6, 6.07) is 0.355. The number of carbonyl (C=O) groups is 1. The Labute approximate surface area is 85.8 Å². The third-order valence-corrected chi connectivity index (χ3v) is 3.44. The van der Waals surface area contributed by atoms with Crippen LogP contribution in [0.1, 0.15) is 33.6 Å². The number of hydrogen-bond acceptors (Lipinski definition) is 3. The van der Waals surface area contributed by atoms with Gasteiger partial charge in [0, 0.05) is 6.04 Å². The smallest absolute Gasteiger partial charge is 0.250 e. The zero-order valence-corrected chi connectivity index (χ0v) is 9.29. The van der Waals surface area contributed by atoms with Crippen LogP contribution in [0.15, 0.2) is 0 Å². The Morgan fingerprint density at radius 3 is 2.79 bits per heavy atom. The Kier molecular flexibility index (Phi) is 3.89. The molecule has 14 heavy (non-hydrogen) atoms. The van der Waals surface area contributed by atoms with E-state index in [-0.39, 0.29) is 11.9 Å². The van der Waals surface area contributed by atoms with Gasteiger partial charge in [0.05, 0.1) is 6.04 Å². The van der Waals surface area contributed by atoms with E-state index in [2.05, 4.69) is 24.2 Å². The number of hydrazine groups is 1. The molecule has 0 aromatic heterocycles. The van der Waals surface area contributed by atoms with E-state index in [1.165, 1.54) is 12.8 Å². The molecule has 3 unspecified atom stereocenters. The van der Waals surface area contributed by atoms with Crippen LogP contribution in [0.3, 0.4) is 0 Å². The number of nitrogens with one attached hydrogen (secondary N) is 1. The normalized spacial score (nSPS) is 31.1. The second-order valence-electron chi connectivity index (χ2n) is 4.28. The lowest BCUT2D eigenvalue weighted by Gasteiger charge is -2.40. The topological polar surface area (TPSA) is 58.4 Å². The van der Waals surface area contributed by atoms with Crippen LogP contribution in [-0.2, 0) is 4.79 Å². The highest BCUT2D eigenvalue weighted by Gasteiger charge is 2.30. The first-order valence-corrected chi connectivity index (χ1v) is 5.34. The molecule has 0 radical (unpaired) electrons. The van der Waals surface area contributed by atoms with Crippen molar-refractivity contribution < 1.29 is 4.79 Å². The standard InChI is InChI=1S/C10H21N3O/c1-7-5-4-6-13(8(7)2)9(3)10(14)12-11/h7-9H,4-6,11H2,1-3H3,(H,12,14). The fraction of sp³-hybridized carbons (Fsp3) is 0.900. The number of nitrogens with two attached hydrogens (primary N) is 1. The van der Waals surface area contributed by atoms with Crippen LogP contribution >= 0.6 is 0 Å². The first-order chi connectivity index (χ1) is 6.57. The summed E-state index contributed by atoms with van der Waals surface area (Å²) in [6.07, 6.45) is 2.43. The summed E-state index contributed by atoms with van der Waals surface area (Å²) in [6.45, 7) is 7.34. The average molecular weight is 199 g/mol. The molecule has 0 aliphatic carbocycles. The highest BCUT2D eigenvalue weighted by Crippen LogP contribution is 2.24. The van der Waals surface area contributed by atoms with Gasteiger partial charge in [0.1, 0.15) is 0 Å². The molecule has 3 atom stereocenters. The number of hydrogen-bond donors (Lipinski definition) is 2. The SMILES string of the molecule is CC1CCCN(C(C)C(=O)NN)C1C. The minimum Gasteiger partial charge on any atom is -0.293 e. The van der Waals surface area contributed by atoms with Crippen LogP contribution in [-0.4, -0.2) is 29.4 Å². The molecule has 1 amide bonds. The summed E-state index contributed by atoms with van der Waals surface area (Å²) < 4.78 is 0. The van der Waals surface area contributed by atoms with E-state index in [1.54, 1.807) is 0 Å². The fourth-order valence-electron chi connectivity index (χ4n) is 2.19. The minimum absolute atomic E-state index is 0.0917. The Balaban J connectivity index is 2.61. The number of carbonyl (C=O) groups excluding carboxylic acids is 1. The lowest BCUT2D eigenvalue weighted by Crippen LogP contribution is -2.54. The van der Waals surface area contributed by atoms with Gasteiger partial charge < -0.3 is 0 Å². The Hall–Kier alpha value is -0.610.